The predicted octanol–water partition coefficient (Wildman–Crippen LogP) is -4.00. The van der Waals surface area contributed by atoms with Crippen LogP contribution in [0.25, 0.3) is 0 Å². The van der Waals surface area contributed by atoms with Crippen LogP contribution in [0.15, 0.2) is 0 Å². The van der Waals surface area contributed by atoms with Crippen LogP contribution in [0.5, 0.6) is 0 Å². The molecule has 0 saturated carbocycles. The maximum atomic E-state index is 10.6. The standard InChI is InChI=1S/C5H12NO10P/c7-1(2(8)4(10)6-12)3(9)5(11)16-17(13,14)15/h1-3,5,7-9,11-12H,(H,6,10)(H2,13,14,15)/t1-,2?,3+,5?/m1/s1. The zero-order chi connectivity index (χ0) is 13.8. The molecule has 0 aromatic rings. The lowest BCUT2D eigenvalue weighted by Gasteiger charge is -2.25. The van der Waals surface area contributed by atoms with Gasteiger partial charge < -0.3 is 30.2 Å². The summed E-state index contributed by atoms with van der Waals surface area (Å²) in [6.45, 7) is 0. The summed E-state index contributed by atoms with van der Waals surface area (Å²) in [4.78, 5) is 27.1. The van der Waals surface area contributed by atoms with Gasteiger partial charge in [-0.3, -0.25) is 14.5 Å². The summed E-state index contributed by atoms with van der Waals surface area (Å²) in [5.74, 6) is -1.50. The number of aliphatic hydroxyl groups excluding tert-OH is 4. The summed E-state index contributed by atoms with van der Waals surface area (Å²) in [5, 5.41) is 44.1. The van der Waals surface area contributed by atoms with Gasteiger partial charge in [-0.1, -0.05) is 0 Å². The first-order valence-corrected chi connectivity index (χ1v) is 5.53. The Kier molecular flexibility index (Phi) is 6.12. The number of phosphoric ester groups is 1. The topological polar surface area (TPSA) is 197 Å². The van der Waals surface area contributed by atoms with E-state index in [2.05, 4.69) is 4.52 Å². The number of hydrogen-bond acceptors (Lipinski definition) is 8. The molecule has 0 aliphatic carbocycles. The van der Waals surface area contributed by atoms with Crippen molar-refractivity contribution in [2.24, 2.45) is 0 Å². The third-order valence-corrected chi connectivity index (χ3v) is 2.08. The minimum absolute atomic E-state index is 0.952. The Morgan fingerprint density at radius 2 is 1.59 bits per heavy atom. The molecule has 0 fully saturated rings. The van der Waals surface area contributed by atoms with Gasteiger partial charge in [0.25, 0.3) is 5.91 Å². The van der Waals surface area contributed by atoms with Crippen molar-refractivity contribution in [1.82, 2.24) is 5.48 Å². The molecule has 0 aliphatic rings. The summed E-state index contributed by atoms with van der Waals surface area (Å²) in [5.41, 5.74) is 0.952. The maximum Gasteiger partial charge on any atom is 0.472 e. The molecule has 0 saturated heterocycles. The van der Waals surface area contributed by atoms with E-state index in [0.717, 1.165) is 5.48 Å². The van der Waals surface area contributed by atoms with Crippen LogP contribution in [0, 0.1) is 0 Å². The lowest BCUT2D eigenvalue weighted by atomic mass is 10.1. The molecule has 11 nitrogen and oxygen atoms in total. The van der Waals surface area contributed by atoms with E-state index in [4.69, 9.17) is 35.4 Å². The van der Waals surface area contributed by atoms with E-state index in [1.807, 2.05) is 0 Å². The summed E-state index contributed by atoms with van der Waals surface area (Å²) in [6.07, 6.45) is -9.63. The smallest absolute Gasteiger partial charge is 0.387 e. The number of phosphoric acid groups is 1. The molecule has 0 heterocycles. The molecule has 0 spiro atoms. The van der Waals surface area contributed by atoms with Crippen molar-refractivity contribution in [3.8, 4) is 0 Å². The van der Waals surface area contributed by atoms with E-state index in [1.54, 1.807) is 0 Å². The molecule has 1 amide bonds. The number of aliphatic hydroxyl groups is 4. The van der Waals surface area contributed by atoms with Crippen LogP contribution in [0.2, 0.25) is 0 Å². The van der Waals surface area contributed by atoms with E-state index < -0.39 is 38.3 Å². The lowest BCUT2D eigenvalue weighted by Crippen LogP contribution is -2.50. The molecular weight excluding hydrogens is 265 g/mol. The van der Waals surface area contributed by atoms with Crippen molar-refractivity contribution in [2.45, 2.75) is 24.6 Å². The largest absolute Gasteiger partial charge is 0.472 e. The Morgan fingerprint density at radius 1 is 1.12 bits per heavy atom. The number of nitrogens with one attached hydrogen (secondary N) is 1. The van der Waals surface area contributed by atoms with Gasteiger partial charge in [-0.05, 0) is 0 Å². The fraction of sp³-hybridized carbons (Fsp3) is 0.800. The number of amides is 1. The Morgan fingerprint density at radius 3 is 1.94 bits per heavy atom. The highest BCUT2D eigenvalue weighted by Gasteiger charge is 2.37. The van der Waals surface area contributed by atoms with Crippen molar-refractivity contribution < 1.29 is 49.3 Å². The van der Waals surface area contributed by atoms with Crippen LogP contribution >= 0.6 is 7.82 Å². The monoisotopic (exact) mass is 277 g/mol. The zero-order valence-electron chi connectivity index (χ0n) is 8.11. The molecule has 17 heavy (non-hydrogen) atoms. The fourth-order valence-electron chi connectivity index (χ4n) is 0.780. The highest BCUT2D eigenvalue weighted by atomic mass is 31.2. The van der Waals surface area contributed by atoms with Gasteiger partial charge in [0.15, 0.2) is 12.4 Å². The molecule has 8 N–H and O–H groups in total. The number of hydrogen-bond donors (Lipinski definition) is 8. The van der Waals surface area contributed by atoms with Gasteiger partial charge in [-0.25, -0.2) is 10.0 Å². The Labute approximate surface area is 94.1 Å². The average Bonchev–Trinajstić information content (AvgIpc) is 2.22. The number of carbonyl (C=O) groups is 1. The minimum atomic E-state index is -5.13. The third kappa shape index (κ3) is 5.50. The summed E-state index contributed by atoms with van der Waals surface area (Å²) in [7, 11) is -5.13. The molecule has 2 unspecified atom stereocenters. The molecule has 0 aromatic carbocycles. The van der Waals surface area contributed by atoms with Crippen LogP contribution < -0.4 is 5.48 Å². The van der Waals surface area contributed by atoms with Crippen LogP contribution in [0.1, 0.15) is 0 Å². The van der Waals surface area contributed by atoms with E-state index >= 15 is 0 Å². The molecule has 0 aliphatic heterocycles. The fourth-order valence-corrected chi connectivity index (χ4v) is 1.19. The van der Waals surface area contributed by atoms with Gasteiger partial charge in [0.05, 0.1) is 0 Å². The van der Waals surface area contributed by atoms with Crippen molar-refractivity contribution in [3.63, 3.8) is 0 Å². The first-order valence-electron chi connectivity index (χ1n) is 4.00. The van der Waals surface area contributed by atoms with Crippen molar-refractivity contribution in [1.29, 1.82) is 0 Å². The van der Waals surface area contributed by atoms with Crippen LogP contribution in [-0.4, -0.2) is 65.9 Å². The summed E-state index contributed by atoms with van der Waals surface area (Å²) >= 11 is 0. The first-order chi connectivity index (χ1) is 7.60. The van der Waals surface area contributed by atoms with Gasteiger partial charge in [0, 0.05) is 0 Å². The highest BCUT2D eigenvalue weighted by molar-refractivity contribution is 7.46. The van der Waals surface area contributed by atoms with Crippen LogP contribution in [0.4, 0.5) is 0 Å². The Hall–Kier alpha value is -0.620. The van der Waals surface area contributed by atoms with Crippen molar-refractivity contribution in [2.75, 3.05) is 0 Å². The van der Waals surface area contributed by atoms with Gasteiger partial charge >= 0.3 is 7.82 Å². The maximum absolute atomic E-state index is 10.6. The van der Waals surface area contributed by atoms with Crippen LogP contribution in [0.3, 0.4) is 0 Å². The highest BCUT2D eigenvalue weighted by Crippen LogP contribution is 2.37. The SMILES string of the molecule is O=C(NO)C(O)[C@@H](O)[C@H](O)C(O)OP(=O)(O)O. The van der Waals surface area contributed by atoms with E-state index in [-0.39, 0.29) is 0 Å². The van der Waals surface area contributed by atoms with Crippen LogP contribution in [-0.2, 0) is 13.9 Å². The quantitative estimate of drug-likeness (QED) is 0.102. The first kappa shape index (κ1) is 16.4. The molecule has 0 aromatic heterocycles. The van der Waals surface area contributed by atoms with Gasteiger partial charge in [0.2, 0.25) is 0 Å². The van der Waals surface area contributed by atoms with E-state index in [1.165, 1.54) is 0 Å². The van der Waals surface area contributed by atoms with E-state index in [0.29, 0.717) is 0 Å². The Bertz CT molecular complexity index is 303. The molecule has 0 bridgehead atoms. The minimum Gasteiger partial charge on any atom is -0.387 e. The summed E-state index contributed by atoms with van der Waals surface area (Å²) < 4.78 is 13.9. The number of hydroxylamine groups is 1. The van der Waals surface area contributed by atoms with Crippen molar-refractivity contribution >= 4 is 13.7 Å². The second-order valence-electron chi connectivity index (χ2n) is 2.89. The molecule has 102 valence electrons. The second-order valence-corrected chi connectivity index (χ2v) is 4.08. The molecular formula is C5H12NO10P. The third-order valence-electron chi connectivity index (χ3n) is 1.59. The molecule has 4 atom stereocenters. The van der Waals surface area contributed by atoms with Gasteiger partial charge in [-0.15, -0.1) is 0 Å². The number of rotatable bonds is 6. The molecule has 0 rings (SSSR count). The number of carbonyl (C=O) groups excluding carboxylic acids is 1. The van der Waals surface area contributed by atoms with E-state index in [9.17, 15) is 9.36 Å². The van der Waals surface area contributed by atoms with Crippen molar-refractivity contribution in [3.05, 3.63) is 0 Å². The second kappa shape index (κ2) is 6.35. The normalized spacial score (nSPS) is 19.2. The molecule has 12 heteroatoms. The van der Waals surface area contributed by atoms with Gasteiger partial charge in [0.1, 0.15) is 12.2 Å². The molecule has 0 radical (unpaired) electrons. The average molecular weight is 277 g/mol. The van der Waals surface area contributed by atoms with Gasteiger partial charge in [-0.2, -0.15) is 0 Å². The predicted molar refractivity (Wildman–Crippen MR) is 47.1 cm³/mol. The lowest BCUT2D eigenvalue weighted by molar-refractivity contribution is -0.178. The summed E-state index contributed by atoms with van der Waals surface area (Å²) in [6, 6.07) is 0. The Balaban J connectivity index is 4.53. The zero-order valence-corrected chi connectivity index (χ0v) is 9.01.